The van der Waals surface area contributed by atoms with Gasteiger partial charge in [-0.05, 0) is 0 Å². The van der Waals surface area contributed by atoms with E-state index < -0.39 is 11.6 Å². The molecule has 1 saturated carbocycles. The van der Waals surface area contributed by atoms with Crippen LogP contribution in [0.3, 0.4) is 0 Å². The zero-order valence-corrected chi connectivity index (χ0v) is 11.9. The topological polar surface area (TPSA) is 0 Å². The summed E-state index contributed by atoms with van der Waals surface area (Å²) < 4.78 is 37.3. The van der Waals surface area contributed by atoms with E-state index in [1.165, 1.54) is 0 Å². The summed E-state index contributed by atoms with van der Waals surface area (Å²) >= 11 is 0.763. The van der Waals surface area contributed by atoms with E-state index in [0.29, 0.717) is 17.9 Å². The van der Waals surface area contributed by atoms with Gasteiger partial charge in [0.05, 0.1) is 0 Å². The molecule has 0 aromatic rings. The quantitative estimate of drug-likeness (QED) is 0.467. The van der Waals surface area contributed by atoms with Crippen LogP contribution in [0.1, 0.15) is 25.7 Å². The second-order valence-corrected chi connectivity index (χ2v) is 4.28. The molecule has 68 valence electrons. The predicted octanol–water partition coefficient (Wildman–Crippen LogP) is 0.0782. The van der Waals surface area contributed by atoms with Crippen molar-refractivity contribution in [1.82, 2.24) is 0 Å². The summed E-state index contributed by atoms with van der Waals surface area (Å²) in [6.07, 6.45) is -1.67. The van der Waals surface area contributed by atoms with Gasteiger partial charge in [-0.3, -0.25) is 0 Å². The Morgan fingerprint density at radius 2 is 1.58 bits per heavy atom. The monoisotopic (exact) mass is 342 g/mol. The molecule has 0 unspecified atom stereocenters. The third kappa shape index (κ3) is 2.34. The number of alkyl halides is 3. The zero-order chi connectivity index (χ0) is 8.54. The van der Waals surface area contributed by atoms with E-state index in [1.807, 2.05) is 0 Å². The first-order valence-electron chi connectivity index (χ1n) is 3.88. The van der Waals surface area contributed by atoms with E-state index >= 15 is 0 Å². The van der Waals surface area contributed by atoms with E-state index in [9.17, 15) is 13.2 Å². The molecule has 0 bridgehead atoms. The van der Waals surface area contributed by atoms with Gasteiger partial charge < -0.3 is 24.0 Å². The fraction of sp³-hybridized carbons (Fsp3) is 1.00. The van der Waals surface area contributed by atoms with Crippen molar-refractivity contribution in [3.8, 4) is 0 Å². The van der Waals surface area contributed by atoms with Crippen molar-refractivity contribution in [3.63, 3.8) is 0 Å². The van der Waals surface area contributed by atoms with Crippen molar-refractivity contribution >= 4 is 0 Å². The molecule has 1 fully saturated rings. The molecule has 0 aromatic heterocycles. The van der Waals surface area contributed by atoms with Crippen LogP contribution in [0.2, 0.25) is 5.02 Å². The van der Waals surface area contributed by atoms with Crippen LogP contribution in [0.25, 0.3) is 0 Å². The van der Waals surface area contributed by atoms with E-state index in [2.05, 4.69) is 0 Å². The molecule has 0 N–H and O–H groups in total. The van der Waals surface area contributed by atoms with Gasteiger partial charge in [-0.15, -0.1) is 0 Å². The molecule has 0 spiro atoms. The van der Waals surface area contributed by atoms with Gasteiger partial charge in [0, 0.05) is 0 Å². The van der Waals surface area contributed by atoms with Crippen LogP contribution in [0.15, 0.2) is 0 Å². The van der Waals surface area contributed by atoms with Crippen LogP contribution in [0.5, 0.6) is 0 Å². The summed E-state index contributed by atoms with van der Waals surface area (Å²) in [5.41, 5.74) is -1.27. The summed E-state index contributed by atoms with van der Waals surface area (Å²) in [7, 11) is 0. The van der Waals surface area contributed by atoms with Gasteiger partial charge in [-0.25, -0.2) is 0 Å². The molecule has 1 rings (SSSR count). The Bertz CT molecular complexity index is 140. The Balaban J connectivity index is 0.00000121. The predicted molar refractivity (Wildman–Crippen MR) is 31.8 cm³/mol. The third-order valence-corrected chi connectivity index (χ3v) is 4.65. The van der Waals surface area contributed by atoms with Crippen LogP contribution >= 0.6 is 0 Å². The van der Waals surface area contributed by atoms with E-state index in [4.69, 9.17) is 0 Å². The fourth-order valence-electron chi connectivity index (χ4n) is 1.73. The van der Waals surface area contributed by atoms with Crippen molar-refractivity contribution < 1.29 is 55.5 Å². The number of hydrogen-bond acceptors (Lipinski definition) is 0. The summed E-state index contributed by atoms with van der Waals surface area (Å²) in [5.74, 6) is 0. The van der Waals surface area contributed by atoms with Gasteiger partial charge in [-0.1, -0.05) is 0 Å². The first kappa shape index (κ1) is 13.1. The van der Waals surface area contributed by atoms with Crippen molar-refractivity contribution in [2.75, 3.05) is 0 Å². The molecular formula is C7H10F3IZn. The number of halogens is 4. The van der Waals surface area contributed by atoms with Crippen molar-refractivity contribution in [2.24, 2.45) is 5.41 Å². The molecule has 0 nitrogen and oxygen atoms in total. The van der Waals surface area contributed by atoms with E-state index in [-0.39, 0.29) is 24.0 Å². The first-order valence-corrected chi connectivity index (χ1v) is 5.98. The Hall–Kier alpha value is 1.14. The Labute approximate surface area is 97.4 Å². The molecule has 0 aromatic carbocycles. The van der Waals surface area contributed by atoms with Crippen molar-refractivity contribution in [3.05, 3.63) is 0 Å². The standard InChI is InChI=1S/C7H10F3.HI.Zn/c1-6(7(8,9)10)4-2-3-5-6;;/h1-5H2;1H;/q;;+1/p-1. The molecule has 0 heterocycles. The molecule has 0 aliphatic heterocycles. The second kappa shape index (κ2) is 4.58. The van der Waals surface area contributed by atoms with E-state index in [0.717, 1.165) is 31.1 Å². The molecule has 0 amide bonds. The second-order valence-electron chi connectivity index (χ2n) is 3.24. The van der Waals surface area contributed by atoms with Crippen molar-refractivity contribution in [1.29, 1.82) is 0 Å². The molecular weight excluding hydrogens is 333 g/mol. The van der Waals surface area contributed by atoms with Crippen molar-refractivity contribution in [2.45, 2.75) is 36.9 Å². The fourth-order valence-corrected chi connectivity index (χ4v) is 3.37. The number of rotatable bonds is 1. The van der Waals surface area contributed by atoms with Gasteiger partial charge >= 0.3 is 73.8 Å². The molecule has 0 saturated heterocycles. The Morgan fingerprint density at radius 3 is 1.75 bits per heavy atom. The molecule has 0 radical (unpaired) electrons. The molecule has 1 aliphatic carbocycles. The average molecular weight is 343 g/mol. The average Bonchev–Trinajstić information content (AvgIpc) is 2.33. The van der Waals surface area contributed by atoms with Gasteiger partial charge in [0.2, 0.25) is 0 Å². The first-order chi connectivity index (χ1) is 5.02. The molecule has 12 heavy (non-hydrogen) atoms. The molecule has 5 heteroatoms. The van der Waals surface area contributed by atoms with Crippen LogP contribution in [0.4, 0.5) is 13.2 Å². The van der Waals surface area contributed by atoms with Gasteiger partial charge in [0.15, 0.2) is 0 Å². The zero-order valence-electron chi connectivity index (χ0n) is 6.75. The SMILES string of the molecule is FC(F)(F)C1([CH2][Zn+])CCCC1.[I-]. The summed E-state index contributed by atoms with van der Waals surface area (Å²) in [5, 5.41) is 0.372. The summed E-state index contributed by atoms with van der Waals surface area (Å²) in [6.45, 7) is 0. The maximum atomic E-state index is 12.4. The van der Waals surface area contributed by atoms with Crippen LogP contribution < -0.4 is 24.0 Å². The largest absolute Gasteiger partial charge is 1.00 e. The van der Waals surface area contributed by atoms with E-state index in [1.54, 1.807) is 0 Å². The maximum Gasteiger partial charge on any atom is -1.00 e. The molecule has 0 atom stereocenters. The number of hydrogen-bond donors (Lipinski definition) is 0. The third-order valence-electron chi connectivity index (χ3n) is 2.64. The Kier molecular flexibility index (Phi) is 5.02. The smallest absolute Gasteiger partial charge is 1.00 e. The van der Waals surface area contributed by atoms with Crippen LogP contribution in [-0.4, -0.2) is 6.18 Å². The minimum Gasteiger partial charge on any atom is -1.00 e. The summed E-state index contributed by atoms with van der Waals surface area (Å²) in [6, 6.07) is 0. The minimum absolute atomic E-state index is 0. The van der Waals surface area contributed by atoms with Gasteiger partial charge in [-0.2, -0.15) is 0 Å². The van der Waals surface area contributed by atoms with Gasteiger partial charge in [0.25, 0.3) is 0 Å². The van der Waals surface area contributed by atoms with Crippen LogP contribution in [-0.2, 0) is 18.3 Å². The van der Waals surface area contributed by atoms with Gasteiger partial charge in [0.1, 0.15) is 0 Å². The normalized spacial score (nSPS) is 22.1. The minimum atomic E-state index is -3.94. The van der Waals surface area contributed by atoms with Crippen LogP contribution in [0, 0.1) is 5.41 Å². The molecule has 1 aliphatic rings. The summed E-state index contributed by atoms with van der Waals surface area (Å²) in [4.78, 5) is 0. The Morgan fingerprint density at radius 1 is 1.17 bits per heavy atom. The maximum absolute atomic E-state index is 12.4.